The van der Waals surface area contributed by atoms with Crippen LogP contribution in [0.5, 0.6) is 11.5 Å². The molecular weight excluding hydrogens is 262 g/mol. The lowest BCUT2D eigenvalue weighted by atomic mass is 10.0. The Bertz CT molecular complexity index is 670. The van der Waals surface area contributed by atoms with Gasteiger partial charge in [0.1, 0.15) is 11.5 Å². The van der Waals surface area contributed by atoms with Gasteiger partial charge in [-0.25, -0.2) is 0 Å². The van der Waals surface area contributed by atoms with Gasteiger partial charge in [-0.3, -0.25) is 0 Å². The van der Waals surface area contributed by atoms with Crippen molar-refractivity contribution in [2.45, 2.75) is 0 Å². The highest BCUT2D eigenvalue weighted by atomic mass is 35.5. The van der Waals surface area contributed by atoms with Crippen molar-refractivity contribution in [3.8, 4) is 17.6 Å². The molecule has 0 spiro atoms. The molecule has 0 bridgehead atoms. The smallest absolute Gasteiger partial charge is 0.126 e. The van der Waals surface area contributed by atoms with E-state index in [-0.39, 0.29) is 11.5 Å². The SMILES string of the molecule is N#C/C(=C/c1ccc(O)cc1O)c1ccc(Cl)cc1. The van der Waals surface area contributed by atoms with Gasteiger partial charge in [0, 0.05) is 16.7 Å². The van der Waals surface area contributed by atoms with Gasteiger partial charge in [-0.2, -0.15) is 5.26 Å². The predicted octanol–water partition coefficient (Wildman–Crippen LogP) is 3.82. The van der Waals surface area contributed by atoms with Crippen LogP contribution in [0.2, 0.25) is 5.02 Å². The number of halogens is 1. The first-order valence-corrected chi connectivity index (χ1v) is 5.87. The van der Waals surface area contributed by atoms with Crippen LogP contribution in [0.15, 0.2) is 42.5 Å². The fourth-order valence-electron chi connectivity index (χ4n) is 1.62. The molecule has 0 fully saturated rings. The Morgan fingerprint density at radius 3 is 2.37 bits per heavy atom. The van der Waals surface area contributed by atoms with E-state index in [4.69, 9.17) is 11.6 Å². The third kappa shape index (κ3) is 3.06. The minimum Gasteiger partial charge on any atom is -0.508 e. The molecule has 3 nitrogen and oxygen atoms in total. The molecular formula is C15H10ClNO2. The number of rotatable bonds is 2. The molecule has 2 aromatic rings. The average Bonchev–Trinajstić information content (AvgIpc) is 2.39. The molecule has 2 aromatic carbocycles. The highest BCUT2D eigenvalue weighted by Crippen LogP contribution is 2.27. The summed E-state index contributed by atoms with van der Waals surface area (Å²) in [6.45, 7) is 0. The number of hydrogen-bond donors (Lipinski definition) is 2. The first-order valence-electron chi connectivity index (χ1n) is 5.50. The van der Waals surface area contributed by atoms with E-state index in [2.05, 4.69) is 6.07 Å². The molecule has 0 aromatic heterocycles. The molecule has 0 heterocycles. The number of hydrogen-bond acceptors (Lipinski definition) is 3. The summed E-state index contributed by atoms with van der Waals surface area (Å²) >= 11 is 5.79. The van der Waals surface area contributed by atoms with Gasteiger partial charge in [0.05, 0.1) is 11.6 Å². The zero-order chi connectivity index (χ0) is 13.8. The van der Waals surface area contributed by atoms with Gasteiger partial charge in [0.15, 0.2) is 0 Å². The number of benzene rings is 2. The number of nitriles is 1. The molecule has 0 saturated heterocycles. The molecule has 0 aliphatic heterocycles. The lowest BCUT2D eigenvalue weighted by molar-refractivity contribution is 0.450. The number of phenols is 2. The van der Waals surface area contributed by atoms with Gasteiger partial charge in [0.25, 0.3) is 0 Å². The number of allylic oxidation sites excluding steroid dienone is 1. The normalized spacial score (nSPS) is 11.1. The Hall–Kier alpha value is -2.44. The van der Waals surface area contributed by atoms with Crippen LogP contribution < -0.4 is 0 Å². The summed E-state index contributed by atoms with van der Waals surface area (Å²) < 4.78 is 0. The first-order chi connectivity index (χ1) is 9.10. The summed E-state index contributed by atoms with van der Waals surface area (Å²) in [6, 6.07) is 13.1. The maximum Gasteiger partial charge on any atom is 0.126 e. The average molecular weight is 272 g/mol. The first kappa shape index (κ1) is 13.0. The molecule has 0 aliphatic carbocycles. The topological polar surface area (TPSA) is 64.2 Å². The van der Waals surface area contributed by atoms with Crippen LogP contribution in [0.3, 0.4) is 0 Å². The molecule has 2 rings (SSSR count). The quantitative estimate of drug-likeness (QED) is 0.645. The monoisotopic (exact) mass is 271 g/mol. The van der Waals surface area contributed by atoms with Gasteiger partial charge in [-0.1, -0.05) is 23.7 Å². The Labute approximate surface area is 115 Å². The van der Waals surface area contributed by atoms with E-state index in [0.717, 1.165) is 0 Å². The van der Waals surface area contributed by atoms with Crippen LogP contribution in [-0.2, 0) is 0 Å². The van der Waals surface area contributed by atoms with Crippen LogP contribution >= 0.6 is 11.6 Å². The second-order valence-electron chi connectivity index (χ2n) is 3.92. The Kier molecular flexibility index (Phi) is 3.74. The summed E-state index contributed by atoms with van der Waals surface area (Å²) in [5.41, 5.74) is 1.57. The van der Waals surface area contributed by atoms with Crippen molar-refractivity contribution in [1.82, 2.24) is 0 Å². The predicted molar refractivity (Wildman–Crippen MR) is 74.7 cm³/mol. The highest BCUT2D eigenvalue weighted by molar-refractivity contribution is 6.30. The van der Waals surface area contributed by atoms with Crippen molar-refractivity contribution >= 4 is 23.3 Å². The maximum absolute atomic E-state index is 9.69. The summed E-state index contributed by atoms with van der Waals surface area (Å²) in [4.78, 5) is 0. The number of nitrogens with zero attached hydrogens (tertiary/aromatic N) is 1. The zero-order valence-corrected chi connectivity index (χ0v) is 10.6. The molecule has 0 atom stereocenters. The zero-order valence-electron chi connectivity index (χ0n) is 9.84. The Morgan fingerprint density at radius 2 is 1.79 bits per heavy atom. The van der Waals surface area contributed by atoms with Crippen molar-refractivity contribution in [3.05, 3.63) is 58.6 Å². The lowest BCUT2D eigenvalue weighted by Gasteiger charge is -2.03. The van der Waals surface area contributed by atoms with E-state index in [1.165, 1.54) is 18.2 Å². The lowest BCUT2D eigenvalue weighted by Crippen LogP contribution is -1.82. The maximum atomic E-state index is 9.69. The van der Waals surface area contributed by atoms with Crippen LogP contribution in [0.4, 0.5) is 0 Å². The molecule has 0 unspecified atom stereocenters. The van der Waals surface area contributed by atoms with E-state index in [0.29, 0.717) is 21.7 Å². The van der Waals surface area contributed by atoms with Crippen molar-refractivity contribution in [1.29, 1.82) is 5.26 Å². The van der Waals surface area contributed by atoms with Crippen LogP contribution in [0, 0.1) is 11.3 Å². The minimum atomic E-state index is -0.0817. The van der Waals surface area contributed by atoms with Crippen molar-refractivity contribution in [2.75, 3.05) is 0 Å². The molecule has 0 radical (unpaired) electrons. The van der Waals surface area contributed by atoms with Crippen molar-refractivity contribution in [2.24, 2.45) is 0 Å². The highest BCUT2D eigenvalue weighted by Gasteiger charge is 2.04. The van der Waals surface area contributed by atoms with Crippen LogP contribution in [0.1, 0.15) is 11.1 Å². The summed E-state index contributed by atoms with van der Waals surface area (Å²) in [5, 5.41) is 28.7. The molecule has 0 aliphatic rings. The van der Waals surface area contributed by atoms with Crippen molar-refractivity contribution < 1.29 is 10.2 Å². The molecule has 0 amide bonds. The standard InChI is InChI=1S/C15H10ClNO2/c16-13-4-1-10(2-5-13)12(9-17)7-11-3-6-14(18)8-15(11)19/h1-8,18-19H/b12-7-. The van der Waals surface area contributed by atoms with E-state index in [1.54, 1.807) is 30.3 Å². The van der Waals surface area contributed by atoms with Crippen molar-refractivity contribution in [3.63, 3.8) is 0 Å². The van der Waals surface area contributed by atoms with Gasteiger partial charge >= 0.3 is 0 Å². The second-order valence-corrected chi connectivity index (χ2v) is 4.36. The fourth-order valence-corrected chi connectivity index (χ4v) is 1.75. The molecule has 2 N–H and O–H groups in total. The summed E-state index contributed by atoms with van der Waals surface area (Å²) in [5.74, 6) is -0.110. The van der Waals surface area contributed by atoms with Gasteiger partial charge in [-0.15, -0.1) is 0 Å². The summed E-state index contributed by atoms with van der Waals surface area (Å²) in [6.07, 6.45) is 1.55. The number of aromatic hydroxyl groups is 2. The molecule has 4 heteroatoms. The summed E-state index contributed by atoms with van der Waals surface area (Å²) in [7, 11) is 0. The van der Waals surface area contributed by atoms with E-state index < -0.39 is 0 Å². The fraction of sp³-hybridized carbons (Fsp3) is 0. The largest absolute Gasteiger partial charge is 0.508 e. The second kappa shape index (κ2) is 5.47. The van der Waals surface area contributed by atoms with Gasteiger partial charge in [-0.05, 0) is 35.9 Å². The molecule has 0 saturated carbocycles. The van der Waals surface area contributed by atoms with Gasteiger partial charge in [0.2, 0.25) is 0 Å². The van der Waals surface area contributed by atoms with Crippen LogP contribution in [0.25, 0.3) is 11.6 Å². The Balaban J connectivity index is 2.44. The molecule has 94 valence electrons. The Morgan fingerprint density at radius 1 is 1.11 bits per heavy atom. The third-order valence-electron chi connectivity index (χ3n) is 2.59. The molecule has 19 heavy (non-hydrogen) atoms. The van der Waals surface area contributed by atoms with E-state index in [1.807, 2.05) is 0 Å². The van der Waals surface area contributed by atoms with E-state index >= 15 is 0 Å². The number of phenolic OH excluding ortho intramolecular Hbond substituents is 2. The van der Waals surface area contributed by atoms with Crippen LogP contribution in [-0.4, -0.2) is 10.2 Å². The van der Waals surface area contributed by atoms with Gasteiger partial charge < -0.3 is 10.2 Å². The third-order valence-corrected chi connectivity index (χ3v) is 2.84. The van der Waals surface area contributed by atoms with E-state index in [9.17, 15) is 15.5 Å². The minimum absolute atomic E-state index is 0.0281.